The summed E-state index contributed by atoms with van der Waals surface area (Å²) in [4.78, 5) is 10.6. The monoisotopic (exact) mass is 548 g/mol. The quantitative estimate of drug-likeness (QED) is 0.214. The number of aromatic nitrogens is 2. The first-order chi connectivity index (χ1) is 21.3. The Kier molecular flexibility index (Phi) is 6.23. The molecule has 0 fully saturated rings. The molecule has 1 aliphatic rings. The zero-order valence-electron chi connectivity index (χ0n) is 23.6. The summed E-state index contributed by atoms with van der Waals surface area (Å²) in [7, 11) is 0. The predicted molar refractivity (Wildman–Crippen MR) is 177 cm³/mol. The van der Waals surface area contributed by atoms with Gasteiger partial charge in [-0.2, -0.15) is 0 Å². The number of rotatable bonds is 5. The van der Waals surface area contributed by atoms with Crippen molar-refractivity contribution >= 4 is 0 Å². The Bertz CT molecular complexity index is 2050. The second-order valence-electron chi connectivity index (χ2n) is 11.0. The van der Waals surface area contributed by atoms with Crippen molar-refractivity contribution in [2.45, 2.75) is 5.92 Å². The first-order valence-corrected chi connectivity index (χ1v) is 14.7. The van der Waals surface area contributed by atoms with Crippen molar-refractivity contribution in [2.24, 2.45) is 0 Å². The maximum Gasteiger partial charge on any atom is 0.160 e. The molecule has 0 bridgehead atoms. The number of nitrogens with zero attached hydrogens (tertiary/aromatic N) is 2. The zero-order valence-corrected chi connectivity index (χ0v) is 23.6. The van der Waals surface area contributed by atoms with Crippen LogP contribution >= 0.6 is 0 Å². The molecule has 0 radical (unpaired) electrons. The largest absolute Gasteiger partial charge is 0.228 e. The molecule has 1 heterocycles. The van der Waals surface area contributed by atoms with Gasteiger partial charge in [-0.25, -0.2) is 9.97 Å². The molecule has 1 unspecified atom stereocenters. The minimum absolute atomic E-state index is 0.0751. The Morgan fingerprint density at radius 3 is 1.60 bits per heavy atom. The summed E-state index contributed by atoms with van der Waals surface area (Å²) in [6, 6.07) is 57.8. The van der Waals surface area contributed by atoms with E-state index >= 15 is 0 Å². The lowest BCUT2D eigenvalue weighted by molar-refractivity contribution is 0.993. The van der Waals surface area contributed by atoms with Crippen LogP contribution in [0, 0.1) is 0 Å². The molecule has 43 heavy (non-hydrogen) atoms. The van der Waals surface area contributed by atoms with Crippen molar-refractivity contribution < 1.29 is 0 Å². The first kappa shape index (κ1) is 25.1. The molecule has 2 nitrogen and oxygen atoms in total. The van der Waals surface area contributed by atoms with Crippen LogP contribution in [-0.2, 0) is 0 Å². The van der Waals surface area contributed by atoms with Crippen LogP contribution in [0.15, 0.2) is 164 Å². The van der Waals surface area contributed by atoms with Gasteiger partial charge in [0.1, 0.15) is 0 Å². The molecule has 2 heteroatoms. The van der Waals surface area contributed by atoms with E-state index in [9.17, 15) is 0 Å². The van der Waals surface area contributed by atoms with Crippen molar-refractivity contribution in [1.82, 2.24) is 9.97 Å². The predicted octanol–water partition coefficient (Wildman–Crippen LogP) is 10.3. The summed E-state index contributed by atoms with van der Waals surface area (Å²) in [6.07, 6.45) is 0. The normalized spacial score (nSPS) is 13.3. The van der Waals surface area contributed by atoms with E-state index in [-0.39, 0.29) is 5.92 Å². The van der Waals surface area contributed by atoms with E-state index in [2.05, 4.69) is 158 Å². The molecule has 6 aromatic carbocycles. The molecule has 0 saturated carbocycles. The van der Waals surface area contributed by atoms with Gasteiger partial charge in [0, 0.05) is 28.2 Å². The summed E-state index contributed by atoms with van der Waals surface area (Å²) in [6.45, 7) is 0. The molecule has 0 saturated heterocycles. The molecule has 1 aliphatic carbocycles. The highest BCUT2D eigenvalue weighted by atomic mass is 14.9. The third kappa shape index (κ3) is 4.54. The zero-order chi connectivity index (χ0) is 28.6. The van der Waals surface area contributed by atoms with Gasteiger partial charge in [0.15, 0.2) is 5.82 Å². The fraction of sp³-hybridized carbons (Fsp3) is 0.0244. The minimum Gasteiger partial charge on any atom is -0.228 e. The van der Waals surface area contributed by atoms with Gasteiger partial charge in [-0.05, 0) is 39.4 Å². The van der Waals surface area contributed by atoms with Crippen LogP contribution < -0.4 is 0 Å². The molecular formula is C41H28N2. The highest BCUT2D eigenvalue weighted by molar-refractivity contribution is 5.86. The second-order valence-corrected chi connectivity index (χ2v) is 11.0. The molecule has 7 aromatic rings. The summed E-state index contributed by atoms with van der Waals surface area (Å²) in [5, 5.41) is 0. The summed E-state index contributed by atoms with van der Waals surface area (Å²) in [5.41, 5.74) is 13.7. The van der Waals surface area contributed by atoms with Gasteiger partial charge in [0.2, 0.25) is 0 Å². The van der Waals surface area contributed by atoms with E-state index in [1.54, 1.807) is 0 Å². The molecule has 1 aromatic heterocycles. The molecule has 0 N–H and O–H groups in total. The second kappa shape index (κ2) is 10.7. The SMILES string of the molecule is c1ccc(-c2ccc(-c3cccc(-c4nc(-c5ccccc5)c5c(n4)-c4ccccc4C5c4ccccc4)c3)cc2)cc1. The molecule has 8 rings (SSSR count). The van der Waals surface area contributed by atoms with Crippen LogP contribution in [0.2, 0.25) is 0 Å². The molecule has 0 spiro atoms. The van der Waals surface area contributed by atoms with Crippen molar-refractivity contribution in [3.8, 4) is 56.2 Å². The highest BCUT2D eigenvalue weighted by Gasteiger charge is 2.35. The molecular weight excluding hydrogens is 520 g/mol. The minimum atomic E-state index is 0.0751. The van der Waals surface area contributed by atoms with Crippen LogP contribution in [0.25, 0.3) is 56.2 Å². The van der Waals surface area contributed by atoms with E-state index in [0.29, 0.717) is 0 Å². The maximum absolute atomic E-state index is 5.32. The lowest BCUT2D eigenvalue weighted by Gasteiger charge is -2.18. The molecule has 0 amide bonds. The summed E-state index contributed by atoms with van der Waals surface area (Å²) < 4.78 is 0. The van der Waals surface area contributed by atoms with Gasteiger partial charge < -0.3 is 0 Å². The third-order valence-electron chi connectivity index (χ3n) is 8.39. The van der Waals surface area contributed by atoms with Gasteiger partial charge in [0.05, 0.1) is 11.4 Å². The number of benzene rings is 6. The summed E-state index contributed by atoms with van der Waals surface area (Å²) in [5.74, 6) is 0.815. The average Bonchev–Trinajstić information content (AvgIpc) is 3.43. The topological polar surface area (TPSA) is 25.8 Å². The van der Waals surface area contributed by atoms with Crippen LogP contribution in [0.4, 0.5) is 0 Å². The standard InChI is InChI=1S/C41H28N2/c1-4-13-28(14-5-1)29-23-25-30(26-24-29)33-19-12-20-34(27-33)41-42-39(32-17-8-3-9-18-32)38-37(31-15-6-2-7-16-31)35-21-10-11-22-36(35)40(38)43-41/h1-27,37H. The van der Waals surface area contributed by atoms with Gasteiger partial charge in [-0.3, -0.25) is 0 Å². The number of hydrogen-bond acceptors (Lipinski definition) is 2. The van der Waals surface area contributed by atoms with Gasteiger partial charge in [-0.1, -0.05) is 158 Å². The van der Waals surface area contributed by atoms with Gasteiger partial charge in [-0.15, -0.1) is 0 Å². The Balaban J connectivity index is 1.28. The van der Waals surface area contributed by atoms with Crippen LogP contribution in [0.5, 0.6) is 0 Å². The summed E-state index contributed by atoms with van der Waals surface area (Å²) >= 11 is 0. The molecule has 1 atom stereocenters. The lowest BCUT2D eigenvalue weighted by atomic mass is 9.87. The van der Waals surface area contributed by atoms with Gasteiger partial charge >= 0.3 is 0 Å². The van der Waals surface area contributed by atoms with E-state index < -0.39 is 0 Å². The van der Waals surface area contributed by atoms with Crippen LogP contribution in [0.1, 0.15) is 22.6 Å². The van der Waals surface area contributed by atoms with E-state index in [1.807, 2.05) is 6.07 Å². The Morgan fingerprint density at radius 1 is 0.372 bits per heavy atom. The molecule has 0 aliphatic heterocycles. The highest BCUT2D eigenvalue weighted by Crippen LogP contribution is 2.50. The van der Waals surface area contributed by atoms with Crippen molar-refractivity contribution in [3.05, 3.63) is 180 Å². The smallest absolute Gasteiger partial charge is 0.160 e. The van der Waals surface area contributed by atoms with Crippen LogP contribution in [0.3, 0.4) is 0 Å². The van der Waals surface area contributed by atoms with Gasteiger partial charge in [0.25, 0.3) is 0 Å². The van der Waals surface area contributed by atoms with Crippen LogP contribution in [-0.4, -0.2) is 9.97 Å². The Labute approximate surface area is 252 Å². The first-order valence-electron chi connectivity index (χ1n) is 14.7. The van der Waals surface area contributed by atoms with E-state index in [4.69, 9.17) is 9.97 Å². The van der Waals surface area contributed by atoms with Crippen molar-refractivity contribution in [2.75, 3.05) is 0 Å². The average molecular weight is 549 g/mol. The van der Waals surface area contributed by atoms with E-state index in [0.717, 1.165) is 33.9 Å². The molecule has 202 valence electrons. The lowest BCUT2D eigenvalue weighted by Crippen LogP contribution is -2.05. The fourth-order valence-corrected chi connectivity index (χ4v) is 6.33. The third-order valence-corrected chi connectivity index (χ3v) is 8.39. The Morgan fingerprint density at radius 2 is 0.884 bits per heavy atom. The van der Waals surface area contributed by atoms with Crippen molar-refractivity contribution in [1.29, 1.82) is 0 Å². The maximum atomic E-state index is 5.32. The Hall–Kier alpha value is -5.60. The fourth-order valence-electron chi connectivity index (χ4n) is 6.33. The van der Waals surface area contributed by atoms with E-state index in [1.165, 1.54) is 38.9 Å². The number of fused-ring (bicyclic) bond motifs is 3. The number of hydrogen-bond donors (Lipinski definition) is 0. The van der Waals surface area contributed by atoms with Crippen molar-refractivity contribution in [3.63, 3.8) is 0 Å².